The average Bonchev–Trinajstić information content (AvgIpc) is 0.950. The molecular weight excluding hydrogens is 1280 g/mol. The van der Waals surface area contributed by atoms with Gasteiger partial charge in [0.15, 0.2) is 17.2 Å². The van der Waals surface area contributed by atoms with E-state index in [0.29, 0.717) is 94.7 Å². The number of fused-ring (bicyclic) bond motifs is 12. The van der Waals surface area contributed by atoms with Gasteiger partial charge in [-0.25, -0.2) is 0 Å². The molecule has 6 aromatic rings. The van der Waals surface area contributed by atoms with Crippen molar-refractivity contribution in [3.63, 3.8) is 0 Å². The summed E-state index contributed by atoms with van der Waals surface area (Å²) in [5, 5.41) is 5.49. The van der Waals surface area contributed by atoms with E-state index in [-0.39, 0.29) is 50.4 Å². The highest BCUT2D eigenvalue weighted by Crippen LogP contribution is 2.48. The van der Waals surface area contributed by atoms with Crippen LogP contribution in [-0.4, -0.2) is 114 Å². The van der Waals surface area contributed by atoms with Crippen molar-refractivity contribution in [2.75, 3.05) is 62.3 Å². The molecule has 10 rings (SSSR count). The van der Waals surface area contributed by atoms with Crippen molar-refractivity contribution in [1.29, 1.82) is 0 Å². The molecule has 552 valence electrons. The van der Waals surface area contributed by atoms with Crippen LogP contribution in [0.25, 0.3) is 0 Å². The summed E-state index contributed by atoms with van der Waals surface area (Å²) in [5.41, 5.74) is 16.1. The van der Waals surface area contributed by atoms with E-state index in [4.69, 9.17) is 42.9 Å². The summed E-state index contributed by atoms with van der Waals surface area (Å²) in [4.78, 5) is 63.9. The molecule has 0 radical (unpaired) electrons. The summed E-state index contributed by atoms with van der Waals surface area (Å²) in [6.45, 7) is 42.1. The van der Waals surface area contributed by atoms with Crippen molar-refractivity contribution in [2.24, 2.45) is 0 Å². The van der Waals surface area contributed by atoms with Crippen LogP contribution in [0.4, 0.5) is 0 Å². The van der Waals surface area contributed by atoms with Crippen LogP contribution in [0.2, 0.25) is 0 Å². The van der Waals surface area contributed by atoms with Crippen molar-refractivity contribution in [2.45, 2.75) is 252 Å². The topological polar surface area (TPSA) is 144 Å². The smallest absolute Gasteiger partial charge is 0.326 e. The van der Waals surface area contributed by atoms with Gasteiger partial charge in [-0.05, 0) is 138 Å². The van der Waals surface area contributed by atoms with Gasteiger partial charge in [0, 0.05) is 91.5 Å². The van der Waals surface area contributed by atoms with Gasteiger partial charge in [-0.2, -0.15) is 0 Å². The number of hydrogen-bond donors (Lipinski definition) is 0. The predicted octanol–water partition coefficient (Wildman–Crippen LogP) is 17.1. The fourth-order valence-corrected chi connectivity index (χ4v) is 15.1. The Kier molecular flexibility index (Phi) is 22.6. The van der Waals surface area contributed by atoms with Crippen LogP contribution in [0.15, 0.2) is 72.8 Å². The van der Waals surface area contributed by atoms with E-state index >= 15 is 0 Å². The summed E-state index contributed by atoms with van der Waals surface area (Å²) in [7, 11) is 9.64. The van der Waals surface area contributed by atoms with Gasteiger partial charge in [0.05, 0.1) is 42.7 Å². The van der Waals surface area contributed by atoms with Gasteiger partial charge in [0.25, 0.3) is 0 Å². The quantitative estimate of drug-likeness (QED) is 0.0844. The van der Waals surface area contributed by atoms with Crippen molar-refractivity contribution in [3.05, 3.63) is 173 Å². The number of hydrogen-bond acceptors (Lipinski definition) is 15. The molecule has 0 aromatic heterocycles. The fourth-order valence-electron chi connectivity index (χ4n) is 15.1. The van der Waals surface area contributed by atoms with Crippen molar-refractivity contribution in [1.82, 2.24) is 15.2 Å². The van der Waals surface area contributed by atoms with Crippen LogP contribution in [0.3, 0.4) is 0 Å². The van der Waals surface area contributed by atoms with E-state index in [1.807, 2.05) is 15.2 Å². The maximum Gasteiger partial charge on any atom is 0.326 e. The average molecular weight is 1400 g/mol. The van der Waals surface area contributed by atoms with Crippen LogP contribution in [0.5, 0.6) is 34.5 Å². The molecule has 3 atom stereocenters. The highest BCUT2D eigenvalue weighted by atomic mass is 16.7. The molecule has 0 amide bonds. The minimum absolute atomic E-state index is 0.319. The maximum absolute atomic E-state index is 13.8. The third-order valence-electron chi connectivity index (χ3n) is 21.2. The lowest BCUT2D eigenvalue weighted by atomic mass is 9.79. The first-order valence-corrected chi connectivity index (χ1v) is 36.9. The molecule has 15 nitrogen and oxygen atoms in total. The first kappa shape index (κ1) is 77.0. The van der Waals surface area contributed by atoms with Crippen LogP contribution in [0, 0.1) is 0 Å². The molecule has 3 saturated heterocycles. The second-order valence-electron chi connectivity index (χ2n) is 35.2. The number of rotatable bonds is 12. The van der Waals surface area contributed by atoms with Gasteiger partial charge in [-0.3, -0.25) is 14.4 Å². The number of ether oxygens (including phenoxy) is 6. The van der Waals surface area contributed by atoms with Gasteiger partial charge >= 0.3 is 17.9 Å². The first-order valence-electron chi connectivity index (χ1n) is 36.9. The summed E-state index contributed by atoms with van der Waals surface area (Å²) in [6, 6.07) is 25.7. The van der Waals surface area contributed by atoms with Crippen LogP contribution in [-0.2, 0) is 99.6 Å². The molecule has 4 aliphatic rings. The Hall–Kier alpha value is -7.59. The van der Waals surface area contributed by atoms with E-state index in [1.54, 1.807) is 21.3 Å². The Bertz CT molecular complexity index is 3540. The minimum atomic E-state index is -0.624. The Balaban J connectivity index is 1.37. The van der Waals surface area contributed by atoms with E-state index in [2.05, 4.69) is 197 Å². The van der Waals surface area contributed by atoms with Gasteiger partial charge in [0.2, 0.25) is 0 Å². The van der Waals surface area contributed by atoms with Crippen LogP contribution < -0.4 is 28.7 Å². The first-order chi connectivity index (χ1) is 47.8. The van der Waals surface area contributed by atoms with E-state index in [0.717, 1.165) is 137 Å². The van der Waals surface area contributed by atoms with Crippen LogP contribution in [0.1, 0.15) is 263 Å². The number of hydroxylamine groups is 6. The summed E-state index contributed by atoms with van der Waals surface area (Å²) in [6.07, 6.45) is 6.36. The number of carbonyl (C=O) groups is 3. The van der Waals surface area contributed by atoms with Crippen molar-refractivity contribution >= 4 is 17.9 Å². The number of nitrogens with zero attached hydrogens (tertiary/aromatic N) is 3. The molecule has 3 fully saturated rings. The molecule has 12 bridgehead atoms. The van der Waals surface area contributed by atoms with Gasteiger partial charge in [-0.15, -0.1) is 15.2 Å². The Morgan fingerprint density at radius 1 is 0.275 bits per heavy atom. The third kappa shape index (κ3) is 16.8. The maximum atomic E-state index is 13.8. The normalized spacial score (nSPS) is 18.3. The lowest BCUT2D eigenvalue weighted by molar-refractivity contribution is -0.159. The lowest BCUT2D eigenvalue weighted by Gasteiger charge is -2.31. The predicted molar refractivity (Wildman–Crippen MR) is 404 cm³/mol. The molecule has 0 saturated carbocycles. The molecular formula is C87H117N3O12. The van der Waals surface area contributed by atoms with E-state index < -0.39 is 18.1 Å². The monoisotopic (exact) mass is 1400 g/mol. The molecule has 0 N–H and O–H groups in total. The largest absolute Gasteiger partial charge is 0.496 e. The second-order valence-corrected chi connectivity index (χ2v) is 35.2. The van der Waals surface area contributed by atoms with Crippen molar-refractivity contribution < 1.29 is 57.3 Å². The highest BCUT2D eigenvalue weighted by Gasteiger charge is 2.40. The molecule has 1 aliphatic carbocycles. The zero-order valence-electron chi connectivity index (χ0n) is 66.0. The number of benzene rings is 6. The molecule has 3 aliphatic heterocycles. The summed E-state index contributed by atoms with van der Waals surface area (Å²) in [5.74, 6) is 3.15. The highest BCUT2D eigenvalue weighted by molar-refractivity contribution is 5.77. The SMILES string of the molecule is COC(=O)[C@@H]1CCCN1Oc1c2cc(C(C)(C)C)cc1Cc1cc(C(C)(C)C)cc(c1OC)Cc1cc(C(C)(C)C)cc(c1ON1CCC[C@H]1C(=O)OC)Cc1cc(C(C)(C)C)cc(c1OC)Cc1cc(C(C)(C)C)cc(c1ON1CCC[C@H]1C(=O)OC)Cc1cc(C(C)(C)C)cc(c1OC)C2. The Labute approximate surface area is 609 Å². The molecule has 0 spiro atoms. The van der Waals surface area contributed by atoms with Gasteiger partial charge < -0.3 is 42.9 Å². The molecule has 102 heavy (non-hydrogen) atoms. The lowest BCUT2D eigenvalue weighted by Crippen LogP contribution is -2.39. The molecule has 0 unspecified atom stereocenters. The molecule has 3 heterocycles. The zero-order chi connectivity index (χ0) is 74.5. The van der Waals surface area contributed by atoms with E-state index in [1.165, 1.54) is 21.3 Å². The van der Waals surface area contributed by atoms with Gasteiger partial charge in [0.1, 0.15) is 35.4 Å². The molecule has 6 aromatic carbocycles. The number of methoxy groups -OCH3 is 6. The minimum Gasteiger partial charge on any atom is -0.496 e. The number of esters is 3. The van der Waals surface area contributed by atoms with Crippen molar-refractivity contribution in [3.8, 4) is 34.5 Å². The standard InChI is InChI=1S/C87H117N3O12/c1-82(2,3)64-40-52-34-58-46-67(85(10,11)12)48-60(76(58)100-88-31-25-28-70(88)79(91)97-22)36-54-42-65(83(4,5)6)44-56(74(54)95-20)38-62-50-69(87(16,17)18)51-63(78(62)102-90-33-27-30-72(90)81(93)99-24)39-57-45-66(84(7,8)9)43-55(75(57)96-21)37-61-49-68(86(13,14)15)47-59(35-53(41-64)73(52)94-19)77(61)101-89-32-26-29-71(89)80(92)98-23/h40-51,70-72H,25-39H2,1-24H3/t70-,71-,72-/m0/s1. The summed E-state index contributed by atoms with van der Waals surface area (Å²) >= 11 is 0. The van der Waals surface area contributed by atoms with Gasteiger partial charge in [-0.1, -0.05) is 197 Å². The zero-order valence-corrected chi connectivity index (χ0v) is 66.0. The second kappa shape index (κ2) is 29.9. The third-order valence-corrected chi connectivity index (χ3v) is 21.2. The fraction of sp³-hybridized carbons (Fsp3) is 0.552. The molecule has 15 heteroatoms. The number of carbonyl (C=O) groups excluding carboxylic acids is 3. The Morgan fingerprint density at radius 3 is 0.569 bits per heavy atom. The van der Waals surface area contributed by atoms with Crippen LogP contribution >= 0.6 is 0 Å². The van der Waals surface area contributed by atoms with E-state index in [9.17, 15) is 14.4 Å². The summed E-state index contributed by atoms with van der Waals surface area (Å²) < 4.78 is 37.0. The Morgan fingerprint density at radius 2 is 0.431 bits per heavy atom.